The molecule has 1 fully saturated rings. The van der Waals surface area contributed by atoms with Crippen molar-refractivity contribution in [3.05, 3.63) is 35.9 Å². The third kappa shape index (κ3) is 3.84. The SMILES string of the molecule is CC(=O)NC(Cc1ccccc1)C(=O)N1CCC[C@H]1C(=O)O. The molecule has 0 spiro atoms. The summed E-state index contributed by atoms with van der Waals surface area (Å²) in [6.07, 6.45) is 1.47. The lowest BCUT2D eigenvalue weighted by Crippen LogP contribution is -2.52. The maximum absolute atomic E-state index is 12.6. The van der Waals surface area contributed by atoms with Crippen molar-refractivity contribution in [2.24, 2.45) is 0 Å². The fraction of sp³-hybridized carbons (Fsp3) is 0.438. The van der Waals surface area contributed by atoms with Gasteiger partial charge in [0.15, 0.2) is 0 Å². The first-order valence-electron chi connectivity index (χ1n) is 7.33. The molecule has 1 saturated heterocycles. The number of nitrogens with zero attached hydrogens (tertiary/aromatic N) is 1. The van der Waals surface area contributed by atoms with Crippen molar-refractivity contribution in [1.82, 2.24) is 10.2 Å². The first kappa shape index (κ1) is 16.0. The zero-order valence-corrected chi connectivity index (χ0v) is 12.5. The largest absolute Gasteiger partial charge is 0.480 e. The number of carbonyl (C=O) groups is 3. The second-order valence-electron chi connectivity index (χ2n) is 5.47. The fourth-order valence-corrected chi connectivity index (χ4v) is 2.78. The Hall–Kier alpha value is -2.37. The van der Waals surface area contributed by atoms with E-state index in [-0.39, 0.29) is 11.8 Å². The van der Waals surface area contributed by atoms with Crippen LogP contribution in [0.5, 0.6) is 0 Å². The number of carboxylic acid groups (broad SMARTS) is 1. The predicted molar refractivity (Wildman–Crippen MR) is 80.1 cm³/mol. The van der Waals surface area contributed by atoms with Gasteiger partial charge in [0.2, 0.25) is 11.8 Å². The van der Waals surface area contributed by atoms with E-state index in [1.165, 1.54) is 11.8 Å². The van der Waals surface area contributed by atoms with Crippen LogP contribution in [-0.4, -0.2) is 46.4 Å². The molecule has 118 valence electrons. The lowest BCUT2D eigenvalue weighted by Gasteiger charge is -2.27. The average molecular weight is 304 g/mol. The van der Waals surface area contributed by atoms with Gasteiger partial charge in [-0.1, -0.05) is 30.3 Å². The summed E-state index contributed by atoms with van der Waals surface area (Å²) >= 11 is 0. The Balaban J connectivity index is 2.15. The molecule has 2 rings (SSSR count). The maximum Gasteiger partial charge on any atom is 0.326 e. The standard InChI is InChI=1S/C16H20N2O4/c1-11(19)17-13(10-12-6-3-2-4-7-12)15(20)18-9-5-8-14(18)16(21)22/h2-4,6-7,13-14H,5,8-10H2,1H3,(H,17,19)(H,21,22)/t13?,14-/m0/s1. The summed E-state index contributed by atoms with van der Waals surface area (Å²) < 4.78 is 0. The van der Waals surface area contributed by atoms with Gasteiger partial charge in [0, 0.05) is 19.9 Å². The second kappa shape index (κ2) is 7.06. The zero-order valence-electron chi connectivity index (χ0n) is 12.5. The van der Waals surface area contributed by atoms with E-state index in [9.17, 15) is 19.5 Å². The molecule has 0 bridgehead atoms. The molecule has 0 aliphatic carbocycles. The third-order valence-electron chi connectivity index (χ3n) is 3.78. The average Bonchev–Trinajstić information content (AvgIpc) is 2.96. The Morgan fingerprint density at radius 2 is 2.00 bits per heavy atom. The lowest BCUT2D eigenvalue weighted by molar-refractivity contribution is -0.149. The van der Waals surface area contributed by atoms with Gasteiger partial charge in [-0.25, -0.2) is 4.79 Å². The van der Waals surface area contributed by atoms with Crippen LogP contribution >= 0.6 is 0 Å². The Morgan fingerprint density at radius 3 is 2.59 bits per heavy atom. The summed E-state index contributed by atoms with van der Waals surface area (Å²) in [5.41, 5.74) is 0.917. The Bertz CT molecular complexity index is 559. The van der Waals surface area contributed by atoms with Crippen molar-refractivity contribution in [2.75, 3.05) is 6.54 Å². The van der Waals surface area contributed by atoms with Crippen LogP contribution in [-0.2, 0) is 20.8 Å². The molecule has 0 saturated carbocycles. The maximum atomic E-state index is 12.6. The van der Waals surface area contributed by atoms with Gasteiger partial charge in [-0.05, 0) is 18.4 Å². The highest BCUT2D eigenvalue weighted by atomic mass is 16.4. The Kier molecular flexibility index (Phi) is 5.14. The Labute approximate surface area is 129 Å². The molecule has 1 aromatic carbocycles. The van der Waals surface area contributed by atoms with E-state index in [1.807, 2.05) is 30.3 Å². The predicted octanol–water partition coefficient (Wildman–Crippen LogP) is 0.809. The van der Waals surface area contributed by atoms with E-state index in [2.05, 4.69) is 5.32 Å². The van der Waals surface area contributed by atoms with Crippen LogP contribution in [0.4, 0.5) is 0 Å². The summed E-state index contributed by atoms with van der Waals surface area (Å²) in [7, 11) is 0. The van der Waals surface area contributed by atoms with Crippen LogP contribution in [0.15, 0.2) is 30.3 Å². The number of aliphatic carboxylic acids is 1. The molecule has 1 heterocycles. The zero-order chi connectivity index (χ0) is 16.1. The minimum Gasteiger partial charge on any atom is -0.480 e. The molecule has 1 aromatic rings. The molecule has 2 atom stereocenters. The van der Waals surface area contributed by atoms with Crippen molar-refractivity contribution in [2.45, 2.75) is 38.3 Å². The minimum absolute atomic E-state index is 0.305. The van der Waals surface area contributed by atoms with Gasteiger partial charge >= 0.3 is 5.97 Å². The molecule has 1 aliphatic rings. The molecule has 2 amide bonds. The van der Waals surface area contributed by atoms with Crippen molar-refractivity contribution in [1.29, 1.82) is 0 Å². The molecule has 1 unspecified atom stereocenters. The number of amides is 2. The van der Waals surface area contributed by atoms with Crippen molar-refractivity contribution in [3.8, 4) is 0 Å². The molecule has 0 aromatic heterocycles. The smallest absolute Gasteiger partial charge is 0.326 e. The van der Waals surface area contributed by atoms with Crippen molar-refractivity contribution < 1.29 is 19.5 Å². The summed E-state index contributed by atoms with van der Waals surface area (Å²) in [5.74, 6) is -1.63. The van der Waals surface area contributed by atoms with Crippen LogP contribution in [0.3, 0.4) is 0 Å². The van der Waals surface area contributed by atoms with Gasteiger partial charge in [0.1, 0.15) is 12.1 Å². The molecule has 1 aliphatic heterocycles. The molecule has 0 radical (unpaired) electrons. The summed E-state index contributed by atoms with van der Waals surface area (Å²) in [4.78, 5) is 36.6. The number of likely N-dealkylation sites (tertiary alicyclic amines) is 1. The van der Waals surface area contributed by atoms with Crippen LogP contribution in [0.1, 0.15) is 25.3 Å². The number of benzene rings is 1. The number of hydrogen-bond acceptors (Lipinski definition) is 3. The topological polar surface area (TPSA) is 86.7 Å². The first-order chi connectivity index (χ1) is 10.5. The van der Waals surface area contributed by atoms with Gasteiger partial charge in [-0.3, -0.25) is 9.59 Å². The van der Waals surface area contributed by atoms with E-state index >= 15 is 0 Å². The molecular weight excluding hydrogens is 284 g/mol. The highest BCUT2D eigenvalue weighted by Gasteiger charge is 2.37. The van der Waals surface area contributed by atoms with Gasteiger partial charge in [-0.15, -0.1) is 0 Å². The van der Waals surface area contributed by atoms with E-state index in [1.54, 1.807) is 0 Å². The highest BCUT2D eigenvalue weighted by Crippen LogP contribution is 2.19. The summed E-state index contributed by atoms with van der Waals surface area (Å²) in [6, 6.07) is 7.82. The lowest BCUT2D eigenvalue weighted by atomic mass is 10.0. The highest BCUT2D eigenvalue weighted by molar-refractivity contribution is 5.90. The number of rotatable bonds is 5. The number of nitrogens with one attached hydrogen (secondary N) is 1. The van der Waals surface area contributed by atoms with Gasteiger partial charge in [0.25, 0.3) is 0 Å². The number of carboxylic acids is 1. The van der Waals surface area contributed by atoms with Gasteiger partial charge in [0.05, 0.1) is 0 Å². The van der Waals surface area contributed by atoms with Crippen molar-refractivity contribution in [3.63, 3.8) is 0 Å². The fourth-order valence-electron chi connectivity index (χ4n) is 2.78. The van der Waals surface area contributed by atoms with E-state index in [0.29, 0.717) is 25.8 Å². The normalized spacial score (nSPS) is 18.8. The van der Waals surface area contributed by atoms with Crippen LogP contribution in [0, 0.1) is 0 Å². The summed E-state index contributed by atoms with van der Waals surface area (Å²) in [6.45, 7) is 1.77. The molecule has 22 heavy (non-hydrogen) atoms. The van der Waals surface area contributed by atoms with Crippen LogP contribution in [0.25, 0.3) is 0 Å². The van der Waals surface area contributed by atoms with Gasteiger partial charge in [-0.2, -0.15) is 0 Å². The van der Waals surface area contributed by atoms with Crippen LogP contribution in [0.2, 0.25) is 0 Å². The molecule has 6 heteroatoms. The second-order valence-corrected chi connectivity index (χ2v) is 5.47. The molecular formula is C16H20N2O4. The minimum atomic E-state index is -0.993. The summed E-state index contributed by atoms with van der Waals surface area (Å²) in [5, 5.41) is 11.8. The molecule has 6 nitrogen and oxygen atoms in total. The quantitative estimate of drug-likeness (QED) is 0.843. The third-order valence-corrected chi connectivity index (χ3v) is 3.78. The Morgan fingerprint density at radius 1 is 1.32 bits per heavy atom. The van der Waals surface area contributed by atoms with Crippen LogP contribution < -0.4 is 5.32 Å². The van der Waals surface area contributed by atoms with E-state index in [4.69, 9.17) is 0 Å². The van der Waals surface area contributed by atoms with Gasteiger partial charge < -0.3 is 15.3 Å². The number of carbonyl (C=O) groups excluding carboxylic acids is 2. The van der Waals surface area contributed by atoms with E-state index < -0.39 is 18.1 Å². The number of hydrogen-bond donors (Lipinski definition) is 2. The monoisotopic (exact) mass is 304 g/mol. The van der Waals surface area contributed by atoms with E-state index in [0.717, 1.165) is 5.56 Å². The van der Waals surface area contributed by atoms with Crippen molar-refractivity contribution >= 4 is 17.8 Å². The molecule has 2 N–H and O–H groups in total. The first-order valence-corrected chi connectivity index (χ1v) is 7.33.